The zero-order valence-corrected chi connectivity index (χ0v) is 17.8. The van der Waals surface area contributed by atoms with Crippen molar-refractivity contribution in [2.24, 2.45) is 0 Å². The molecular formula is C24H18F3NO6. The van der Waals surface area contributed by atoms with E-state index in [1.807, 2.05) is 4.90 Å². The Kier molecular flexibility index (Phi) is 5.45. The minimum absolute atomic E-state index is 0.0314. The molecule has 2 aromatic heterocycles. The number of methoxy groups -OCH3 is 1. The fraction of sp³-hybridized carbons (Fsp3) is 0.208. The standard InChI is InChI=1S/C24H18F3NO6/c1-30-14-4-6-15(7-5-14)33-22-20(29)17-8-9-19-18(21(17)34-23(22)24(25,26)27)12-28(13-32-19)11-16-3-2-10-31-16/h2-10H,11-13H2,1H3. The van der Waals surface area contributed by atoms with Crippen molar-refractivity contribution in [1.82, 2.24) is 4.90 Å². The van der Waals surface area contributed by atoms with Crippen LogP contribution < -0.4 is 19.6 Å². The zero-order chi connectivity index (χ0) is 23.9. The molecule has 0 radical (unpaired) electrons. The lowest BCUT2D eigenvalue weighted by Crippen LogP contribution is -2.31. The Labute approximate surface area is 190 Å². The highest BCUT2D eigenvalue weighted by atomic mass is 19.4. The van der Waals surface area contributed by atoms with Crippen LogP contribution in [-0.2, 0) is 19.3 Å². The van der Waals surface area contributed by atoms with E-state index in [-0.39, 0.29) is 30.0 Å². The zero-order valence-electron chi connectivity index (χ0n) is 17.8. The Morgan fingerprint density at radius 3 is 2.50 bits per heavy atom. The van der Waals surface area contributed by atoms with E-state index < -0.39 is 23.1 Å². The molecule has 7 nitrogen and oxygen atoms in total. The molecule has 1 aliphatic rings. The van der Waals surface area contributed by atoms with E-state index >= 15 is 0 Å². The maximum atomic E-state index is 14.0. The van der Waals surface area contributed by atoms with Gasteiger partial charge in [-0.25, -0.2) is 0 Å². The average Bonchev–Trinajstić information content (AvgIpc) is 3.33. The molecule has 0 amide bonds. The smallest absolute Gasteiger partial charge is 0.453 e. The summed E-state index contributed by atoms with van der Waals surface area (Å²) in [4.78, 5) is 15.0. The lowest BCUT2D eigenvalue weighted by Gasteiger charge is -2.28. The number of ether oxygens (including phenoxy) is 3. The largest absolute Gasteiger partial charge is 0.497 e. The normalized spacial score (nSPS) is 14.0. The predicted molar refractivity (Wildman–Crippen MR) is 114 cm³/mol. The first kappa shape index (κ1) is 21.9. The highest BCUT2D eigenvalue weighted by Crippen LogP contribution is 2.41. The summed E-state index contributed by atoms with van der Waals surface area (Å²) in [5.74, 6) is -0.918. The molecule has 0 atom stereocenters. The first-order chi connectivity index (χ1) is 16.3. The van der Waals surface area contributed by atoms with Gasteiger partial charge in [-0.05, 0) is 48.5 Å². The van der Waals surface area contributed by atoms with Gasteiger partial charge in [0.15, 0.2) is 0 Å². The van der Waals surface area contributed by atoms with Crippen LogP contribution in [0.4, 0.5) is 13.2 Å². The molecule has 0 saturated carbocycles. The molecule has 0 fully saturated rings. The van der Waals surface area contributed by atoms with Crippen LogP contribution in [0.25, 0.3) is 11.0 Å². The Morgan fingerprint density at radius 2 is 1.82 bits per heavy atom. The first-order valence-corrected chi connectivity index (χ1v) is 10.2. The number of rotatable bonds is 5. The van der Waals surface area contributed by atoms with Crippen molar-refractivity contribution in [3.63, 3.8) is 0 Å². The van der Waals surface area contributed by atoms with Crippen molar-refractivity contribution in [3.05, 3.63) is 82.1 Å². The summed E-state index contributed by atoms with van der Waals surface area (Å²) >= 11 is 0. The van der Waals surface area contributed by atoms with Crippen molar-refractivity contribution < 1.29 is 36.2 Å². The number of furan rings is 1. The summed E-state index contributed by atoms with van der Waals surface area (Å²) in [6.45, 7) is 0.776. The van der Waals surface area contributed by atoms with Crippen molar-refractivity contribution >= 4 is 11.0 Å². The van der Waals surface area contributed by atoms with Crippen LogP contribution in [0.3, 0.4) is 0 Å². The topological polar surface area (TPSA) is 74.3 Å². The molecular weight excluding hydrogens is 455 g/mol. The van der Waals surface area contributed by atoms with E-state index in [2.05, 4.69) is 0 Å². The minimum atomic E-state index is -4.97. The monoisotopic (exact) mass is 473 g/mol. The number of nitrogens with zero attached hydrogens (tertiary/aromatic N) is 1. The molecule has 176 valence electrons. The van der Waals surface area contributed by atoms with Crippen molar-refractivity contribution in [2.75, 3.05) is 13.8 Å². The van der Waals surface area contributed by atoms with Crippen molar-refractivity contribution in [2.45, 2.75) is 19.3 Å². The van der Waals surface area contributed by atoms with E-state index in [0.29, 0.717) is 29.4 Å². The number of hydrogen-bond donors (Lipinski definition) is 0. The molecule has 2 aromatic carbocycles. The maximum absolute atomic E-state index is 14.0. The molecule has 0 unspecified atom stereocenters. The van der Waals surface area contributed by atoms with Gasteiger partial charge in [0.25, 0.3) is 5.76 Å². The molecule has 0 N–H and O–H groups in total. The van der Waals surface area contributed by atoms with Crippen LogP contribution in [0.5, 0.6) is 23.0 Å². The molecule has 0 spiro atoms. The summed E-state index contributed by atoms with van der Waals surface area (Å²) < 4.78 is 68.6. The Morgan fingerprint density at radius 1 is 1.06 bits per heavy atom. The fourth-order valence-corrected chi connectivity index (χ4v) is 3.76. The molecule has 3 heterocycles. The maximum Gasteiger partial charge on any atom is 0.453 e. The van der Waals surface area contributed by atoms with Gasteiger partial charge in [-0.3, -0.25) is 9.69 Å². The fourth-order valence-electron chi connectivity index (χ4n) is 3.76. The second-order valence-electron chi connectivity index (χ2n) is 7.62. The van der Waals surface area contributed by atoms with Gasteiger partial charge in [-0.1, -0.05) is 0 Å². The van der Waals surface area contributed by atoms with E-state index in [1.54, 1.807) is 18.2 Å². The lowest BCUT2D eigenvalue weighted by molar-refractivity contribution is -0.154. The molecule has 0 saturated heterocycles. The highest BCUT2D eigenvalue weighted by molar-refractivity contribution is 5.83. The molecule has 1 aliphatic heterocycles. The van der Waals surface area contributed by atoms with Gasteiger partial charge >= 0.3 is 6.18 Å². The SMILES string of the molecule is COc1ccc(Oc2c(C(F)(F)F)oc3c4c(ccc3c2=O)OCN(Cc2ccco2)C4)cc1. The molecule has 4 aromatic rings. The van der Waals surface area contributed by atoms with Gasteiger partial charge in [0.05, 0.1) is 30.9 Å². The second-order valence-corrected chi connectivity index (χ2v) is 7.62. The highest BCUT2D eigenvalue weighted by Gasteiger charge is 2.41. The van der Waals surface area contributed by atoms with Gasteiger partial charge in [-0.2, -0.15) is 13.2 Å². The summed E-state index contributed by atoms with van der Waals surface area (Å²) in [5, 5.41) is -0.0429. The number of hydrogen-bond acceptors (Lipinski definition) is 7. The molecule has 0 aliphatic carbocycles. The van der Waals surface area contributed by atoms with E-state index in [1.165, 1.54) is 43.7 Å². The third-order valence-electron chi connectivity index (χ3n) is 5.36. The van der Waals surface area contributed by atoms with Crippen LogP contribution in [0.15, 0.2) is 68.4 Å². The lowest BCUT2D eigenvalue weighted by atomic mass is 10.1. The second kappa shape index (κ2) is 8.45. The van der Waals surface area contributed by atoms with E-state index in [9.17, 15) is 18.0 Å². The number of alkyl halides is 3. The number of halogens is 3. The average molecular weight is 473 g/mol. The van der Waals surface area contributed by atoms with Gasteiger partial charge in [0, 0.05) is 6.54 Å². The molecule has 5 rings (SSSR count). The van der Waals surface area contributed by atoms with Crippen molar-refractivity contribution in [1.29, 1.82) is 0 Å². The first-order valence-electron chi connectivity index (χ1n) is 10.2. The quantitative estimate of drug-likeness (QED) is 0.376. The summed E-state index contributed by atoms with van der Waals surface area (Å²) in [6.07, 6.45) is -3.44. The Hall–Kier alpha value is -3.92. The molecule has 34 heavy (non-hydrogen) atoms. The Bertz CT molecular complexity index is 1380. The third kappa shape index (κ3) is 4.08. The van der Waals surface area contributed by atoms with Crippen molar-refractivity contribution in [3.8, 4) is 23.0 Å². The summed E-state index contributed by atoms with van der Waals surface area (Å²) in [7, 11) is 1.45. The molecule has 10 heteroatoms. The third-order valence-corrected chi connectivity index (χ3v) is 5.36. The van der Waals surface area contributed by atoms with Crippen LogP contribution in [0.2, 0.25) is 0 Å². The minimum Gasteiger partial charge on any atom is -0.497 e. The van der Waals surface area contributed by atoms with E-state index in [0.717, 1.165) is 0 Å². The molecule has 0 bridgehead atoms. The summed E-state index contributed by atoms with van der Waals surface area (Å²) in [5.41, 5.74) is -0.787. The predicted octanol–water partition coefficient (Wildman–Crippen LogP) is 5.56. The van der Waals surface area contributed by atoms with Crippen LogP contribution in [0.1, 0.15) is 17.1 Å². The van der Waals surface area contributed by atoms with Gasteiger partial charge in [-0.15, -0.1) is 0 Å². The summed E-state index contributed by atoms with van der Waals surface area (Å²) in [6, 6.07) is 12.3. The van der Waals surface area contributed by atoms with Crippen LogP contribution in [-0.4, -0.2) is 18.7 Å². The van der Waals surface area contributed by atoms with Crippen LogP contribution in [0, 0.1) is 0 Å². The number of benzene rings is 2. The van der Waals surface area contributed by atoms with Crippen LogP contribution >= 0.6 is 0 Å². The van der Waals surface area contributed by atoms with Gasteiger partial charge in [0.1, 0.15) is 35.3 Å². The Balaban J connectivity index is 1.59. The van der Waals surface area contributed by atoms with Gasteiger partial charge < -0.3 is 23.0 Å². The van der Waals surface area contributed by atoms with Gasteiger partial charge in [0.2, 0.25) is 11.2 Å². The number of fused-ring (bicyclic) bond motifs is 3. The van der Waals surface area contributed by atoms with E-state index in [4.69, 9.17) is 23.0 Å².